The standard InChI is InChI=1S/C10H16N4O/c1-3-14(4-2)10(15)8-6-12-9(5-11)13-7-8/h6-7H,3-5,11H2,1-2H3. The zero-order chi connectivity index (χ0) is 11.3. The predicted molar refractivity (Wildman–Crippen MR) is 57.2 cm³/mol. The first-order valence-corrected chi connectivity index (χ1v) is 5.03. The van der Waals surface area contributed by atoms with Gasteiger partial charge in [-0.05, 0) is 13.8 Å². The number of carbonyl (C=O) groups excluding carboxylic acids is 1. The van der Waals surface area contributed by atoms with Gasteiger partial charge in [0.1, 0.15) is 5.82 Å². The normalized spacial score (nSPS) is 10.1. The van der Waals surface area contributed by atoms with Gasteiger partial charge in [-0.3, -0.25) is 4.79 Å². The first-order chi connectivity index (χ1) is 7.22. The van der Waals surface area contributed by atoms with Crippen LogP contribution in [0.1, 0.15) is 30.0 Å². The van der Waals surface area contributed by atoms with E-state index >= 15 is 0 Å². The SMILES string of the molecule is CCN(CC)C(=O)c1cnc(CN)nc1. The van der Waals surface area contributed by atoms with Crippen LogP contribution in [-0.2, 0) is 6.54 Å². The molecule has 0 bridgehead atoms. The Morgan fingerprint density at radius 2 is 1.87 bits per heavy atom. The van der Waals surface area contributed by atoms with Gasteiger partial charge < -0.3 is 10.6 Å². The number of aromatic nitrogens is 2. The number of nitrogens with two attached hydrogens (primary N) is 1. The molecule has 1 rings (SSSR count). The van der Waals surface area contributed by atoms with Gasteiger partial charge >= 0.3 is 0 Å². The third-order valence-corrected chi connectivity index (χ3v) is 2.19. The molecule has 0 unspecified atom stereocenters. The Morgan fingerprint density at radius 1 is 1.33 bits per heavy atom. The minimum atomic E-state index is -0.0384. The summed E-state index contributed by atoms with van der Waals surface area (Å²) in [6.07, 6.45) is 3.05. The van der Waals surface area contributed by atoms with E-state index in [0.29, 0.717) is 31.0 Å². The van der Waals surface area contributed by atoms with E-state index in [2.05, 4.69) is 9.97 Å². The second-order valence-corrected chi connectivity index (χ2v) is 3.07. The van der Waals surface area contributed by atoms with Crippen molar-refractivity contribution in [3.8, 4) is 0 Å². The van der Waals surface area contributed by atoms with Crippen LogP contribution in [-0.4, -0.2) is 33.9 Å². The van der Waals surface area contributed by atoms with Crippen LogP contribution >= 0.6 is 0 Å². The lowest BCUT2D eigenvalue weighted by molar-refractivity contribution is 0.0772. The van der Waals surface area contributed by atoms with E-state index in [-0.39, 0.29) is 5.91 Å². The van der Waals surface area contributed by atoms with Crippen molar-refractivity contribution in [3.05, 3.63) is 23.8 Å². The summed E-state index contributed by atoms with van der Waals surface area (Å²) in [5.41, 5.74) is 5.88. The molecule has 0 spiro atoms. The van der Waals surface area contributed by atoms with Crippen molar-refractivity contribution in [1.82, 2.24) is 14.9 Å². The molecule has 0 atom stereocenters. The van der Waals surface area contributed by atoms with E-state index in [1.807, 2.05) is 13.8 Å². The maximum absolute atomic E-state index is 11.8. The fourth-order valence-corrected chi connectivity index (χ4v) is 1.26. The molecule has 1 heterocycles. The fourth-order valence-electron chi connectivity index (χ4n) is 1.26. The Hall–Kier alpha value is -1.49. The summed E-state index contributed by atoms with van der Waals surface area (Å²) in [6, 6.07) is 0. The Bertz CT molecular complexity index is 319. The van der Waals surface area contributed by atoms with Crippen LogP contribution in [0.25, 0.3) is 0 Å². The summed E-state index contributed by atoms with van der Waals surface area (Å²) in [6.45, 7) is 5.55. The van der Waals surface area contributed by atoms with E-state index in [1.54, 1.807) is 4.90 Å². The molecule has 0 saturated heterocycles. The summed E-state index contributed by atoms with van der Waals surface area (Å²) in [7, 11) is 0. The molecule has 0 aliphatic rings. The van der Waals surface area contributed by atoms with Crippen molar-refractivity contribution in [2.24, 2.45) is 5.73 Å². The van der Waals surface area contributed by atoms with Crippen LogP contribution in [0, 0.1) is 0 Å². The Labute approximate surface area is 89.3 Å². The number of hydrogen-bond acceptors (Lipinski definition) is 4. The van der Waals surface area contributed by atoms with Crippen LogP contribution in [0.5, 0.6) is 0 Å². The molecule has 1 aromatic rings. The highest BCUT2D eigenvalue weighted by Crippen LogP contribution is 2.02. The Morgan fingerprint density at radius 3 is 2.27 bits per heavy atom. The lowest BCUT2D eigenvalue weighted by Crippen LogP contribution is -2.30. The van der Waals surface area contributed by atoms with Gasteiger partial charge in [-0.15, -0.1) is 0 Å². The highest BCUT2D eigenvalue weighted by Gasteiger charge is 2.12. The van der Waals surface area contributed by atoms with E-state index in [9.17, 15) is 4.79 Å². The second kappa shape index (κ2) is 5.41. The molecular weight excluding hydrogens is 192 g/mol. The van der Waals surface area contributed by atoms with E-state index in [4.69, 9.17) is 5.73 Å². The van der Waals surface area contributed by atoms with Crippen LogP contribution in [0.2, 0.25) is 0 Å². The lowest BCUT2D eigenvalue weighted by Gasteiger charge is -2.17. The molecule has 0 aliphatic carbocycles. The second-order valence-electron chi connectivity index (χ2n) is 3.07. The van der Waals surface area contributed by atoms with E-state index in [1.165, 1.54) is 12.4 Å². The highest BCUT2D eigenvalue weighted by atomic mass is 16.2. The van der Waals surface area contributed by atoms with Crippen molar-refractivity contribution < 1.29 is 4.79 Å². The van der Waals surface area contributed by atoms with Crippen LogP contribution < -0.4 is 5.73 Å². The van der Waals surface area contributed by atoms with Crippen LogP contribution in [0.3, 0.4) is 0 Å². The molecule has 0 aliphatic heterocycles. The van der Waals surface area contributed by atoms with Crippen molar-refractivity contribution in [2.45, 2.75) is 20.4 Å². The largest absolute Gasteiger partial charge is 0.339 e. The first kappa shape index (κ1) is 11.6. The maximum atomic E-state index is 11.8. The zero-order valence-corrected chi connectivity index (χ0v) is 9.10. The smallest absolute Gasteiger partial charge is 0.256 e. The minimum Gasteiger partial charge on any atom is -0.339 e. The molecule has 1 aromatic heterocycles. The molecule has 82 valence electrons. The fraction of sp³-hybridized carbons (Fsp3) is 0.500. The Kier molecular flexibility index (Phi) is 4.17. The summed E-state index contributed by atoms with van der Waals surface area (Å²) in [5.74, 6) is 0.509. The van der Waals surface area contributed by atoms with Crippen molar-refractivity contribution in [2.75, 3.05) is 13.1 Å². The third-order valence-electron chi connectivity index (χ3n) is 2.19. The molecule has 15 heavy (non-hydrogen) atoms. The minimum absolute atomic E-state index is 0.0384. The number of rotatable bonds is 4. The van der Waals surface area contributed by atoms with E-state index in [0.717, 1.165) is 0 Å². The molecule has 0 aromatic carbocycles. The lowest BCUT2D eigenvalue weighted by atomic mass is 10.3. The van der Waals surface area contributed by atoms with Crippen molar-refractivity contribution in [1.29, 1.82) is 0 Å². The molecule has 0 fully saturated rings. The summed E-state index contributed by atoms with van der Waals surface area (Å²) in [4.78, 5) is 21.5. The zero-order valence-electron chi connectivity index (χ0n) is 9.10. The summed E-state index contributed by atoms with van der Waals surface area (Å²) < 4.78 is 0. The molecule has 2 N–H and O–H groups in total. The molecule has 5 nitrogen and oxygen atoms in total. The molecule has 5 heteroatoms. The van der Waals surface area contributed by atoms with Crippen LogP contribution in [0.4, 0.5) is 0 Å². The van der Waals surface area contributed by atoms with Gasteiger partial charge in [0.2, 0.25) is 0 Å². The number of nitrogens with zero attached hydrogens (tertiary/aromatic N) is 3. The number of carbonyl (C=O) groups is 1. The first-order valence-electron chi connectivity index (χ1n) is 5.03. The van der Waals surface area contributed by atoms with Gasteiger partial charge in [-0.25, -0.2) is 9.97 Å². The topological polar surface area (TPSA) is 72.1 Å². The maximum Gasteiger partial charge on any atom is 0.256 e. The summed E-state index contributed by atoms with van der Waals surface area (Å²) in [5, 5.41) is 0. The summed E-state index contributed by atoms with van der Waals surface area (Å²) >= 11 is 0. The van der Waals surface area contributed by atoms with Gasteiger partial charge in [-0.1, -0.05) is 0 Å². The average Bonchev–Trinajstić information content (AvgIpc) is 2.30. The number of amides is 1. The monoisotopic (exact) mass is 208 g/mol. The third kappa shape index (κ3) is 2.73. The van der Waals surface area contributed by atoms with Crippen LogP contribution in [0.15, 0.2) is 12.4 Å². The number of hydrogen-bond donors (Lipinski definition) is 1. The van der Waals surface area contributed by atoms with Crippen molar-refractivity contribution >= 4 is 5.91 Å². The predicted octanol–water partition coefficient (Wildman–Crippen LogP) is 0.417. The highest BCUT2D eigenvalue weighted by molar-refractivity contribution is 5.93. The average molecular weight is 208 g/mol. The molecule has 1 amide bonds. The van der Waals surface area contributed by atoms with E-state index < -0.39 is 0 Å². The van der Waals surface area contributed by atoms with Gasteiger partial charge in [0.25, 0.3) is 5.91 Å². The van der Waals surface area contributed by atoms with Gasteiger partial charge in [0.05, 0.1) is 12.1 Å². The Balaban J connectivity index is 2.82. The van der Waals surface area contributed by atoms with Crippen molar-refractivity contribution in [3.63, 3.8) is 0 Å². The molecule has 0 saturated carbocycles. The van der Waals surface area contributed by atoms with Gasteiger partial charge in [0, 0.05) is 25.5 Å². The molecular formula is C10H16N4O. The van der Waals surface area contributed by atoms with Gasteiger partial charge in [-0.2, -0.15) is 0 Å². The quantitative estimate of drug-likeness (QED) is 0.778. The molecule has 0 radical (unpaired) electrons. The van der Waals surface area contributed by atoms with Gasteiger partial charge in [0.15, 0.2) is 0 Å².